The molecule has 27 heavy (non-hydrogen) atoms. The maximum atomic E-state index is 12.9. The van der Waals surface area contributed by atoms with Crippen molar-refractivity contribution < 1.29 is 33.6 Å². The minimum atomic E-state index is -1.32. The molecule has 1 saturated heterocycles. The second kappa shape index (κ2) is 4.77. The largest absolute Gasteiger partial charge is 0.465 e. The zero-order chi connectivity index (χ0) is 18.6. The topological polar surface area (TPSA) is 83.5 Å². The van der Waals surface area contributed by atoms with E-state index in [4.69, 9.17) is 23.7 Å². The van der Waals surface area contributed by atoms with Gasteiger partial charge in [0.2, 0.25) is 6.79 Å². The van der Waals surface area contributed by atoms with E-state index < -0.39 is 23.2 Å². The average Bonchev–Trinajstić information content (AvgIpc) is 3.25. The highest BCUT2D eigenvalue weighted by atomic mass is 16.8. The average molecular weight is 372 g/mol. The van der Waals surface area contributed by atoms with Crippen LogP contribution in [0.4, 0.5) is 0 Å². The van der Waals surface area contributed by atoms with Crippen LogP contribution in [-0.2, 0) is 19.9 Å². The van der Waals surface area contributed by atoms with Crippen LogP contribution in [0.15, 0.2) is 24.0 Å². The van der Waals surface area contributed by atoms with Crippen molar-refractivity contribution in [2.75, 3.05) is 13.6 Å². The van der Waals surface area contributed by atoms with E-state index in [1.807, 2.05) is 6.92 Å². The van der Waals surface area contributed by atoms with Crippen molar-refractivity contribution >= 4 is 5.78 Å². The lowest BCUT2D eigenvalue weighted by Gasteiger charge is -2.59. The van der Waals surface area contributed by atoms with Gasteiger partial charge in [-0.25, -0.2) is 0 Å². The van der Waals surface area contributed by atoms with E-state index in [-0.39, 0.29) is 31.2 Å². The molecule has 6 rings (SSSR count). The van der Waals surface area contributed by atoms with Gasteiger partial charge in [-0.05, 0) is 24.3 Å². The van der Waals surface area contributed by atoms with Crippen LogP contribution in [-0.4, -0.2) is 30.3 Å². The summed E-state index contributed by atoms with van der Waals surface area (Å²) in [5.74, 6) is -0.323. The molecule has 2 fully saturated rings. The molecule has 2 aliphatic carbocycles. The van der Waals surface area contributed by atoms with Gasteiger partial charge in [-0.15, -0.1) is 0 Å². The summed E-state index contributed by atoms with van der Waals surface area (Å²) in [4.78, 5) is 12.9. The molecule has 0 aromatic heterocycles. The van der Waals surface area contributed by atoms with E-state index in [1.54, 1.807) is 12.1 Å². The van der Waals surface area contributed by atoms with Crippen molar-refractivity contribution in [2.24, 2.45) is 23.7 Å². The molecule has 1 spiro atoms. The van der Waals surface area contributed by atoms with Crippen molar-refractivity contribution in [3.63, 3.8) is 0 Å². The second-order valence-electron chi connectivity index (χ2n) is 8.20. The van der Waals surface area contributed by atoms with Gasteiger partial charge < -0.3 is 24.1 Å². The number of carbonyl (C=O) groups is 1. The first-order valence-electron chi connectivity index (χ1n) is 9.33. The third-order valence-electron chi connectivity index (χ3n) is 7.10. The van der Waals surface area contributed by atoms with Gasteiger partial charge in [-0.3, -0.25) is 9.53 Å². The second-order valence-corrected chi connectivity index (χ2v) is 8.20. The first-order chi connectivity index (χ1) is 12.9. The van der Waals surface area contributed by atoms with Crippen molar-refractivity contribution in [3.05, 3.63) is 29.5 Å². The number of rotatable bonds is 0. The first-order valence-corrected chi connectivity index (χ1v) is 9.33. The lowest BCUT2D eigenvalue weighted by Crippen LogP contribution is -2.67. The number of benzene rings is 1. The zero-order valence-corrected chi connectivity index (χ0v) is 15.1. The summed E-state index contributed by atoms with van der Waals surface area (Å²) >= 11 is 0. The molecule has 1 aromatic rings. The Balaban J connectivity index is 1.66. The number of hydrogen-bond donors (Lipinski definition) is 1. The Labute approximate surface area is 155 Å². The fraction of sp³-hybridized carbons (Fsp3) is 0.550. The number of ether oxygens (including phenoxy) is 5. The summed E-state index contributed by atoms with van der Waals surface area (Å²) in [6.07, 6.45) is 2.15. The Morgan fingerprint density at radius 2 is 1.85 bits per heavy atom. The number of hydrogen-bond acceptors (Lipinski definition) is 7. The third-order valence-corrected chi connectivity index (χ3v) is 7.10. The summed E-state index contributed by atoms with van der Waals surface area (Å²) in [6.45, 7) is 4.21. The fourth-order valence-electron chi connectivity index (χ4n) is 5.61. The predicted octanol–water partition coefficient (Wildman–Crippen LogP) is 2.07. The molecule has 3 heterocycles. The van der Waals surface area contributed by atoms with E-state index >= 15 is 0 Å². The molecule has 0 bridgehead atoms. The molecule has 142 valence electrons. The van der Waals surface area contributed by atoms with Gasteiger partial charge in [-0.1, -0.05) is 13.8 Å². The Morgan fingerprint density at radius 3 is 2.67 bits per heavy atom. The van der Waals surface area contributed by atoms with Gasteiger partial charge in [0, 0.05) is 23.6 Å². The summed E-state index contributed by atoms with van der Waals surface area (Å²) in [5, 5.41) is 12.2. The van der Waals surface area contributed by atoms with Crippen LogP contribution in [0.5, 0.6) is 17.2 Å². The predicted molar refractivity (Wildman–Crippen MR) is 89.9 cm³/mol. The van der Waals surface area contributed by atoms with Gasteiger partial charge in [0.05, 0.1) is 5.92 Å². The highest BCUT2D eigenvalue weighted by molar-refractivity contribution is 5.94. The van der Waals surface area contributed by atoms with Crippen molar-refractivity contribution in [1.29, 1.82) is 0 Å². The van der Waals surface area contributed by atoms with E-state index in [0.29, 0.717) is 35.0 Å². The molecule has 3 aliphatic heterocycles. The quantitative estimate of drug-likeness (QED) is 0.746. The Hall–Kier alpha value is -2.25. The third kappa shape index (κ3) is 1.68. The van der Waals surface area contributed by atoms with E-state index in [9.17, 15) is 9.90 Å². The van der Waals surface area contributed by atoms with Crippen LogP contribution >= 0.6 is 0 Å². The SMILES string of the molecule is C[C@@H]1C[C@H]2C(=O)C=C3OCO[C@]34Oc3cc5c(cc3[C@@](O)([C@H]24)[C@H]1C)OCO5. The van der Waals surface area contributed by atoms with Gasteiger partial charge in [0.1, 0.15) is 11.4 Å². The van der Waals surface area contributed by atoms with E-state index in [2.05, 4.69) is 6.92 Å². The molecule has 6 atom stereocenters. The first kappa shape index (κ1) is 15.8. The van der Waals surface area contributed by atoms with Crippen LogP contribution in [0.2, 0.25) is 0 Å². The van der Waals surface area contributed by atoms with E-state index in [0.717, 1.165) is 0 Å². The molecule has 1 aromatic carbocycles. The van der Waals surface area contributed by atoms with Crippen LogP contribution in [0.25, 0.3) is 0 Å². The molecule has 1 saturated carbocycles. The van der Waals surface area contributed by atoms with E-state index in [1.165, 1.54) is 6.08 Å². The summed E-state index contributed by atoms with van der Waals surface area (Å²) in [7, 11) is 0. The molecular formula is C20H20O7. The highest BCUT2D eigenvalue weighted by Gasteiger charge is 2.72. The molecule has 0 radical (unpaired) electrons. The smallest absolute Gasteiger partial charge is 0.278 e. The maximum absolute atomic E-state index is 12.9. The summed E-state index contributed by atoms with van der Waals surface area (Å²) in [6, 6.07) is 3.52. The lowest BCUT2D eigenvalue weighted by molar-refractivity contribution is -0.277. The van der Waals surface area contributed by atoms with Crippen molar-refractivity contribution in [3.8, 4) is 17.2 Å². The lowest BCUT2D eigenvalue weighted by atomic mass is 9.52. The number of ketones is 1. The number of carbonyl (C=O) groups excluding carboxylic acids is 1. The van der Waals surface area contributed by atoms with Gasteiger partial charge >= 0.3 is 0 Å². The molecular weight excluding hydrogens is 352 g/mol. The Kier molecular flexibility index (Phi) is 2.79. The van der Waals surface area contributed by atoms with Crippen LogP contribution < -0.4 is 14.2 Å². The Morgan fingerprint density at radius 1 is 1.07 bits per heavy atom. The normalized spacial score (nSPS) is 43.1. The van der Waals surface area contributed by atoms with Crippen molar-refractivity contribution in [2.45, 2.75) is 31.7 Å². The van der Waals surface area contributed by atoms with Crippen LogP contribution in [0.1, 0.15) is 25.8 Å². The fourth-order valence-corrected chi connectivity index (χ4v) is 5.61. The highest BCUT2D eigenvalue weighted by Crippen LogP contribution is 2.65. The molecule has 7 heteroatoms. The van der Waals surface area contributed by atoms with Crippen LogP contribution in [0, 0.1) is 23.7 Å². The maximum Gasteiger partial charge on any atom is 0.278 e. The molecule has 5 aliphatic rings. The monoisotopic (exact) mass is 372 g/mol. The molecule has 0 unspecified atom stereocenters. The van der Waals surface area contributed by atoms with Gasteiger partial charge in [0.15, 0.2) is 29.8 Å². The number of fused-ring (bicyclic) bond motifs is 3. The summed E-state index contributed by atoms with van der Waals surface area (Å²) in [5.41, 5.74) is -0.698. The molecule has 7 nitrogen and oxygen atoms in total. The molecule has 1 N–H and O–H groups in total. The minimum Gasteiger partial charge on any atom is -0.465 e. The summed E-state index contributed by atoms with van der Waals surface area (Å²) < 4.78 is 28.9. The van der Waals surface area contributed by atoms with Gasteiger partial charge in [-0.2, -0.15) is 0 Å². The van der Waals surface area contributed by atoms with Crippen molar-refractivity contribution in [1.82, 2.24) is 0 Å². The number of allylic oxidation sites excluding steroid dienone is 1. The Bertz CT molecular complexity index is 908. The molecule has 0 amide bonds. The number of aliphatic hydroxyl groups is 1. The standard InChI is InChI=1S/C20H20O7/c1-9-3-11-13(21)5-17-20(26-8-25-17)18(11)19(22,10(9)2)12-4-15-16(24-7-23-15)6-14(12)27-20/h4-6,9-11,18,22H,3,7-8H2,1-2H3/t9-,10+,11+,18+,19-,20+/m1/s1. The zero-order valence-electron chi connectivity index (χ0n) is 15.1. The van der Waals surface area contributed by atoms with Crippen LogP contribution in [0.3, 0.4) is 0 Å². The minimum absolute atomic E-state index is 0.0117. The van der Waals surface area contributed by atoms with Gasteiger partial charge in [0.25, 0.3) is 5.79 Å².